The van der Waals surface area contributed by atoms with Crippen molar-refractivity contribution < 1.29 is 18.7 Å². The van der Waals surface area contributed by atoms with Gasteiger partial charge in [0, 0.05) is 5.69 Å². The average molecular weight is 336 g/mol. The number of ether oxygens (including phenoxy) is 1. The first kappa shape index (κ1) is 17.0. The summed E-state index contributed by atoms with van der Waals surface area (Å²) in [5, 5.41) is 2.59. The van der Waals surface area contributed by atoms with Crippen LogP contribution in [0.3, 0.4) is 0 Å². The van der Waals surface area contributed by atoms with E-state index in [4.69, 9.17) is 16.3 Å². The molecule has 1 amide bonds. The van der Waals surface area contributed by atoms with Crippen molar-refractivity contribution in [3.05, 3.63) is 64.4 Å². The van der Waals surface area contributed by atoms with Gasteiger partial charge in [0.25, 0.3) is 5.91 Å². The molecule has 0 bridgehead atoms. The third-order valence-corrected chi connectivity index (χ3v) is 3.49. The Kier molecular flexibility index (Phi) is 5.71. The molecule has 0 aliphatic carbocycles. The molecule has 6 heteroatoms. The summed E-state index contributed by atoms with van der Waals surface area (Å²) in [5.74, 6) is -2.28. The van der Waals surface area contributed by atoms with Gasteiger partial charge in [-0.1, -0.05) is 42.8 Å². The number of esters is 1. The molecule has 0 spiro atoms. The molecule has 0 aromatic heterocycles. The Balaban J connectivity index is 1.98. The molecule has 0 heterocycles. The van der Waals surface area contributed by atoms with Crippen LogP contribution in [0.4, 0.5) is 10.1 Å². The molecule has 0 aliphatic rings. The number of halogens is 2. The third kappa shape index (κ3) is 4.29. The van der Waals surface area contributed by atoms with Crippen LogP contribution >= 0.6 is 11.6 Å². The molecule has 2 rings (SSSR count). The highest BCUT2D eigenvalue weighted by atomic mass is 35.5. The maximum absolute atomic E-state index is 13.6. The van der Waals surface area contributed by atoms with E-state index in [1.807, 2.05) is 19.1 Å². The average Bonchev–Trinajstić information content (AvgIpc) is 2.53. The number of para-hydroxylation sites is 1. The van der Waals surface area contributed by atoms with Gasteiger partial charge in [-0.15, -0.1) is 0 Å². The SMILES string of the molecule is CCc1ccccc1NC(=O)COC(=O)c1c(F)cccc1Cl. The second kappa shape index (κ2) is 7.74. The standard InChI is InChI=1S/C17H15ClFNO3/c1-2-11-6-3-4-9-14(11)20-15(21)10-23-17(22)16-12(18)7-5-8-13(16)19/h3-9H,2,10H2,1H3,(H,20,21). The van der Waals surface area contributed by atoms with Crippen molar-refractivity contribution in [2.75, 3.05) is 11.9 Å². The lowest BCUT2D eigenvalue weighted by atomic mass is 10.1. The lowest BCUT2D eigenvalue weighted by Crippen LogP contribution is -2.22. The number of amides is 1. The summed E-state index contributed by atoms with van der Waals surface area (Å²) in [6, 6.07) is 11.2. The zero-order chi connectivity index (χ0) is 16.8. The van der Waals surface area contributed by atoms with Gasteiger partial charge in [-0.05, 0) is 30.2 Å². The molecule has 0 radical (unpaired) electrons. The van der Waals surface area contributed by atoms with Crippen LogP contribution in [0.25, 0.3) is 0 Å². The number of benzene rings is 2. The minimum atomic E-state index is -0.980. The molecule has 23 heavy (non-hydrogen) atoms. The van der Waals surface area contributed by atoms with Gasteiger partial charge in [-0.3, -0.25) is 4.79 Å². The zero-order valence-electron chi connectivity index (χ0n) is 12.4. The van der Waals surface area contributed by atoms with E-state index in [0.29, 0.717) is 5.69 Å². The van der Waals surface area contributed by atoms with E-state index in [9.17, 15) is 14.0 Å². The van der Waals surface area contributed by atoms with Crippen molar-refractivity contribution in [2.24, 2.45) is 0 Å². The Labute approximate surface area is 138 Å². The van der Waals surface area contributed by atoms with Crippen LogP contribution in [0.15, 0.2) is 42.5 Å². The van der Waals surface area contributed by atoms with Crippen LogP contribution in [0.1, 0.15) is 22.8 Å². The largest absolute Gasteiger partial charge is 0.452 e. The molecular weight excluding hydrogens is 321 g/mol. The van der Waals surface area contributed by atoms with Gasteiger partial charge >= 0.3 is 5.97 Å². The van der Waals surface area contributed by atoms with Gasteiger partial charge in [0.05, 0.1) is 5.02 Å². The van der Waals surface area contributed by atoms with Gasteiger partial charge in [-0.25, -0.2) is 9.18 Å². The monoisotopic (exact) mass is 335 g/mol. The Morgan fingerprint density at radius 3 is 2.61 bits per heavy atom. The molecule has 0 atom stereocenters. The normalized spacial score (nSPS) is 10.2. The van der Waals surface area contributed by atoms with Gasteiger partial charge in [0.1, 0.15) is 11.4 Å². The fourth-order valence-corrected chi connectivity index (χ4v) is 2.27. The van der Waals surface area contributed by atoms with E-state index in [0.717, 1.165) is 18.1 Å². The molecule has 0 saturated heterocycles. The molecule has 0 aliphatic heterocycles. The summed E-state index contributed by atoms with van der Waals surface area (Å²) in [6.07, 6.45) is 0.751. The first-order chi connectivity index (χ1) is 11.0. The summed E-state index contributed by atoms with van der Waals surface area (Å²) in [7, 11) is 0. The summed E-state index contributed by atoms with van der Waals surface area (Å²) < 4.78 is 18.4. The number of aryl methyl sites for hydroxylation is 1. The van der Waals surface area contributed by atoms with Gasteiger partial charge < -0.3 is 10.1 Å². The number of hydrogen-bond donors (Lipinski definition) is 1. The van der Waals surface area contributed by atoms with Crippen LogP contribution < -0.4 is 5.32 Å². The topological polar surface area (TPSA) is 55.4 Å². The number of rotatable bonds is 5. The van der Waals surface area contributed by atoms with Crippen LogP contribution in [-0.2, 0) is 16.0 Å². The van der Waals surface area contributed by atoms with Crippen molar-refractivity contribution in [1.29, 1.82) is 0 Å². The maximum atomic E-state index is 13.6. The Morgan fingerprint density at radius 1 is 1.17 bits per heavy atom. The highest BCUT2D eigenvalue weighted by Crippen LogP contribution is 2.20. The van der Waals surface area contributed by atoms with Gasteiger partial charge in [-0.2, -0.15) is 0 Å². The molecule has 0 unspecified atom stereocenters. The minimum Gasteiger partial charge on any atom is -0.452 e. The number of anilines is 1. The van der Waals surface area contributed by atoms with Gasteiger partial charge in [0.15, 0.2) is 6.61 Å². The minimum absolute atomic E-state index is 0.0632. The van der Waals surface area contributed by atoms with Crippen molar-refractivity contribution in [3.8, 4) is 0 Å². The lowest BCUT2D eigenvalue weighted by Gasteiger charge is -2.10. The van der Waals surface area contributed by atoms with Crippen LogP contribution in [0.5, 0.6) is 0 Å². The number of carbonyl (C=O) groups is 2. The second-order valence-corrected chi connectivity index (χ2v) is 5.14. The number of hydrogen-bond acceptors (Lipinski definition) is 3. The summed E-state index contributed by atoms with van der Waals surface area (Å²) >= 11 is 5.77. The molecule has 4 nitrogen and oxygen atoms in total. The number of nitrogens with one attached hydrogen (secondary N) is 1. The van der Waals surface area contributed by atoms with Crippen molar-refractivity contribution in [1.82, 2.24) is 0 Å². The summed E-state index contributed by atoms with van der Waals surface area (Å²) in [6.45, 7) is 1.44. The molecule has 2 aromatic carbocycles. The molecule has 0 saturated carbocycles. The predicted molar refractivity (Wildman–Crippen MR) is 86.1 cm³/mol. The van der Waals surface area contributed by atoms with Crippen molar-refractivity contribution in [2.45, 2.75) is 13.3 Å². The Bertz CT molecular complexity index is 713. The molecule has 0 fully saturated rings. The van der Waals surface area contributed by atoms with E-state index < -0.39 is 24.3 Å². The lowest BCUT2D eigenvalue weighted by molar-refractivity contribution is -0.119. The first-order valence-corrected chi connectivity index (χ1v) is 7.39. The molecule has 120 valence electrons. The summed E-state index contributed by atoms with van der Waals surface area (Å²) in [5.41, 5.74) is 1.24. The second-order valence-electron chi connectivity index (χ2n) is 4.73. The predicted octanol–water partition coefficient (Wildman–Crippen LogP) is 3.84. The highest BCUT2D eigenvalue weighted by molar-refractivity contribution is 6.33. The van der Waals surface area contributed by atoms with E-state index in [2.05, 4.69) is 5.32 Å². The Hall–Kier alpha value is -2.40. The van der Waals surface area contributed by atoms with E-state index in [1.165, 1.54) is 12.1 Å². The van der Waals surface area contributed by atoms with Crippen molar-refractivity contribution >= 4 is 29.2 Å². The number of carbonyl (C=O) groups excluding carboxylic acids is 2. The highest BCUT2D eigenvalue weighted by Gasteiger charge is 2.18. The van der Waals surface area contributed by atoms with Crippen LogP contribution in [0, 0.1) is 5.82 Å². The maximum Gasteiger partial charge on any atom is 0.343 e. The zero-order valence-corrected chi connectivity index (χ0v) is 13.2. The van der Waals surface area contributed by atoms with Crippen molar-refractivity contribution in [3.63, 3.8) is 0 Å². The van der Waals surface area contributed by atoms with E-state index in [-0.39, 0.29) is 10.6 Å². The quantitative estimate of drug-likeness (QED) is 0.845. The molecule has 2 aromatic rings. The first-order valence-electron chi connectivity index (χ1n) is 7.01. The summed E-state index contributed by atoms with van der Waals surface area (Å²) in [4.78, 5) is 23.7. The Morgan fingerprint density at radius 2 is 1.91 bits per heavy atom. The molecule has 1 N–H and O–H groups in total. The van der Waals surface area contributed by atoms with Gasteiger partial charge in [0.2, 0.25) is 0 Å². The molecular formula is C17H15ClFNO3. The van der Waals surface area contributed by atoms with Crippen LogP contribution in [-0.4, -0.2) is 18.5 Å². The fraction of sp³-hybridized carbons (Fsp3) is 0.176. The van der Waals surface area contributed by atoms with E-state index >= 15 is 0 Å². The smallest absolute Gasteiger partial charge is 0.343 e. The third-order valence-electron chi connectivity index (χ3n) is 3.17. The van der Waals surface area contributed by atoms with E-state index in [1.54, 1.807) is 12.1 Å². The van der Waals surface area contributed by atoms with Crippen LogP contribution in [0.2, 0.25) is 5.02 Å². The fourth-order valence-electron chi connectivity index (χ4n) is 2.03.